The summed E-state index contributed by atoms with van der Waals surface area (Å²) in [5.74, 6) is 2.67. The summed E-state index contributed by atoms with van der Waals surface area (Å²) in [7, 11) is 4.31. The lowest BCUT2D eigenvalue weighted by Crippen LogP contribution is -2.28. The number of rotatable bonds is 6. The Labute approximate surface area is 116 Å². The van der Waals surface area contributed by atoms with Crippen molar-refractivity contribution in [2.24, 2.45) is 5.92 Å². The molecule has 0 aromatic carbocycles. The molecule has 1 aromatic heterocycles. The van der Waals surface area contributed by atoms with Crippen LogP contribution >= 0.6 is 0 Å². The van der Waals surface area contributed by atoms with Crippen molar-refractivity contribution in [2.75, 3.05) is 50.5 Å². The number of likely N-dealkylation sites (tertiary alicyclic amines) is 1. The fourth-order valence-corrected chi connectivity index (χ4v) is 2.56. The Morgan fingerprint density at radius 2 is 2.32 bits per heavy atom. The van der Waals surface area contributed by atoms with Crippen molar-refractivity contribution in [3.05, 3.63) is 12.4 Å². The molecular formula is C14H25N5. The largest absolute Gasteiger partial charge is 0.370 e. The maximum Gasteiger partial charge on any atom is 0.133 e. The van der Waals surface area contributed by atoms with Crippen molar-refractivity contribution >= 4 is 11.6 Å². The second-order valence-corrected chi connectivity index (χ2v) is 5.49. The Morgan fingerprint density at radius 1 is 1.47 bits per heavy atom. The van der Waals surface area contributed by atoms with E-state index in [2.05, 4.69) is 46.1 Å². The first-order valence-electron chi connectivity index (χ1n) is 7.14. The van der Waals surface area contributed by atoms with Crippen LogP contribution in [0, 0.1) is 5.92 Å². The van der Waals surface area contributed by atoms with Gasteiger partial charge in [-0.3, -0.25) is 0 Å². The average Bonchev–Trinajstić information content (AvgIpc) is 2.82. The van der Waals surface area contributed by atoms with Gasteiger partial charge >= 0.3 is 0 Å². The molecule has 1 saturated heterocycles. The van der Waals surface area contributed by atoms with Crippen molar-refractivity contribution in [3.63, 3.8) is 0 Å². The molecular weight excluding hydrogens is 238 g/mol. The lowest BCUT2D eigenvalue weighted by Gasteiger charge is -2.22. The Kier molecular flexibility index (Phi) is 4.96. The molecule has 1 aromatic rings. The van der Waals surface area contributed by atoms with Crippen LogP contribution in [0.25, 0.3) is 0 Å². The topological polar surface area (TPSA) is 44.3 Å². The lowest BCUT2D eigenvalue weighted by atomic mass is 10.1. The third kappa shape index (κ3) is 4.06. The van der Waals surface area contributed by atoms with Crippen LogP contribution in [0.4, 0.5) is 11.6 Å². The van der Waals surface area contributed by atoms with Gasteiger partial charge in [0.2, 0.25) is 0 Å². The summed E-state index contributed by atoms with van der Waals surface area (Å²) < 4.78 is 0. The smallest absolute Gasteiger partial charge is 0.133 e. The molecule has 1 N–H and O–H groups in total. The lowest BCUT2D eigenvalue weighted by molar-refractivity contribution is 0.395. The van der Waals surface area contributed by atoms with E-state index >= 15 is 0 Å². The molecule has 0 bridgehead atoms. The van der Waals surface area contributed by atoms with Crippen LogP contribution in [0.3, 0.4) is 0 Å². The Hall–Kier alpha value is -1.36. The monoisotopic (exact) mass is 263 g/mol. The molecule has 5 nitrogen and oxygen atoms in total. The minimum absolute atomic E-state index is 0.747. The average molecular weight is 263 g/mol. The minimum Gasteiger partial charge on any atom is -0.370 e. The molecule has 1 fully saturated rings. The Bertz CT molecular complexity index is 395. The Morgan fingerprint density at radius 3 is 3.00 bits per heavy atom. The summed E-state index contributed by atoms with van der Waals surface area (Å²) in [6.45, 7) is 6.57. The van der Waals surface area contributed by atoms with Gasteiger partial charge in [-0.1, -0.05) is 6.92 Å². The van der Waals surface area contributed by atoms with E-state index in [9.17, 15) is 0 Å². The Balaban J connectivity index is 1.92. The summed E-state index contributed by atoms with van der Waals surface area (Å²) in [6, 6.07) is 2.04. The molecule has 5 heteroatoms. The number of nitrogens with one attached hydrogen (secondary N) is 1. The first-order chi connectivity index (χ1) is 9.19. The quantitative estimate of drug-likeness (QED) is 0.846. The van der Waals surface area contributed by atoms with Gasteiger partial charge in [0.25, 0.3) is 0 Å². The van der Waals surface area contributed by atoms with Gasteiger partial charge in [-0.05, 0) is 32.4 Å². The predicted octanol–water partition coefficient (Wildman–Crippen LogP) is 1.69. The second kappa shape index (κ2) is 6.70. The van der Waals surface area contributed by atoms with Gasteiger partial charge in [0, 0.05) is 32.7 Å². The van der Waals surface area contributed by atoms with Crippen LogP contribution in [0.15, 0.2) is 12.4 Å². The molecule has 1 atom stereocenters. The highest BCUT2D eigenvalue weighted by Crippen LogP contribution is 2.19. The van der Waals surface area contributed by atoms with Gasteiger partial charge in [0.1, 0.15) is 18.0 Å². The molecule has 0 spiro atoms. The van der Waals surface area contributed by atoms with E-state index in [0.29, 0.717) is 0 Å². The summed E-state index contributed by atoms with van der Waals surface area (Å²) in [6.07, 6.45) is 4.03. The van der Waals surface area contributed by atoms with Crippen LogP contribution in [-0.4, -0.2) is 55.1 Å². The molecule has 1 unspecified atom stereocenters. The van der Waals surface area contributed by atoms with Crippen LogP contribution < -0.4 is 10.2 Å². The summed E-state index contributed by atoms with van der Waals surface area (Å²) >= 11 is 0. The zero-order chi connectivity index (χ0) is 13.7. The van der Waals surface area contributed by atoms with E-state index in [4.69, 9.17) is 0 Å². The van der Waals surface area contributed by atoms with Crippen LogP contribution in [0.1, 0.15) is 19.8 Å². The summed E-state index contributed by atoms with van der Waals surface area (Å²) in [4.78, 5) is 13.3. The molecule has 2 heterocycles. The maximum atomic E-state index is 4.37. The van der Waals surface area contributed by atoms with Gasteiger partial charge < -0.3 is 15.1 Å². The van der Waals surface area contributed by atoms with Gasteiger partial charge in [-0.15, -0.1) is 0 Å². The van der Waals surface area contributed by atoms with Crippen LogP contribution in [0.5, 0.6) is 0 Å². The maximum absolute atomic E-state index is 4.37. The SMILES string of the molecule is CCCNc1cc(N(C)CC2CCN(C)C2)ncn1. The zero-order valence-corrected chi connectivity index (χ0v) is 12.3. The van der Waals surface area contributed by atoms with E-state index < -0.39 is 0 Å². The van der Waals surface area contributed by atoms with E-state index in [0.717, 1.165) is 37.1 Å². The van der Waals surface area contributed by atoms with Gasteiger partial charge in [-0.25, -0.2) is 9.97 Å². The van der Waals surface area contributed by atoms with Gasteiger partial charge in [0.05, 0.1) is 0 Å². The number of anilines is 2. The molecule has 2 rings (SSSR count). The van der Waals surface area contributed by atoms with E-state index in [1.54, 1.807) is 6.33 Å². The molecule has 106 valence electrons. The second-order valence-electron chi connectivity index (χ2n) is 5.49. The molecule has 0 amide bonds. The normalized spacial score (nSPS) is 19.6. The van der Waals surface area contributed by atoms with Crippen molar-refractivity contribution in [1.82, 2.24) is 14.9 Å². The summed E-state index contributed by atoms with van der Waals surface area (Å²) in [5.41, 5.74) is 0. The highest BCUT2D eigenvalue weighted by atomic mass is 15.2. The first-order valence-corrected chi connectivity index (χ1v) is 7.14. The standard InChI is InChI=1S/C14H25N5/c1-4-6-15-13-8-14(17-11-16-13)19(3)10-12-5-7-18(2)9-12/h8,11-12H,4-7,9-10H2,1-3H3,(H,15,16,17). The van der Waals surface area contributed by atoms with Crippen molar-refractivity contribution in [3.8, 4) is 0 Å². The van der Waals surface area contributed by atoms with Gasteiger partial charge in [0.15, 0.2) is 0 Å². The molecule has 0 aliphatic carbocycles. The highest BCUT2D eigenvalue weighted by molar-refractivity contribution is 5.47. The van der Waals surface area contributed by atoms with Crippen LogP contribution in [0.2, 0.25) is 0 Å². The minimum atomic E-state index is 0.747. The van der Waals surface area contributed by atoms with E-state index in [1.807, 2.05) is 6.07 Å². The predicted molar refractivity (Wildman–Crippen MR) is 79.7 cm³/mol. The van der Waals surface area contributed by atoms with Gasteiger partial charge in [-0.2, -0.15) is 0 Å². The third-order valence-corrected chi connectivity index (χ3v) is 3.62. The van der Waals surface area contributed by atoms with Crippen molar-refractivity contribution in [2.45, 2.75) is 19.8 Å². The number of nitrogens with zero attached hydrogens (tertiary/aromatic N) is 4. The fraction of sp³-hybridized carbons (Fsp3) is 0.714. The van der Waals surface area contributed by atoms with Crippen LogP contribution in [-0.2, 0) is 0 Å². The molecule has 0 radical (unpaired) electrons. The van der Waals surface area contributed by atoms with Crippen molar-refractivity contribution < 1.29 is 0 Å². The summed E-state index contributed by atoms with van der Waals surface area (Å²) in [5, 5.41) is 3.30. The molecule has 0 saturated carbocycles. The molecule has 1 aliphatic heterocycles. The fourth-order valence-electron chi connectivity index (χ4n) is 2.56. The molecule has 1 aliphatic rings. The number of hydrogen-bond donors (Lipinski definition) is 1. The van der Waals surface area contributed by atoms with E-state index in [1.165, 1.54) is 19.5 Å². The first kappa shape index (κ1) is 14.1. The van der Waals surface area contributed by atoms with Crippen molar-refractivity contribution in [1.29, 1.82) is 0 Å². The van der Waals surface area contributed by atoms with E-state index in [-0.39, 0.29) is 0 Å². The zero-order valence-electron chi connectivity index (χ0n) is 12.3. The number of hydrogen-bond acceptors (Lipinski definition) is 5. The number of aromatic nitrogens is 2. The third-order valence-electron chi connectivity index (χ3n) is 3.62. The highest BCUT2D eigenvalue weighted by Gasteiger charge is 2.21. The molecule has 19 heavy (non-hydrogen) atoms.